The Balaban J connectivity index is 1.53. The second kappa shape index (κ2) is 8.78. The van der Waals surface area contributed by atoms with Crippen LogP contribution in [0.4, 0.5) is 5.82 Å². The molecule has 1 amide bonds. The molecule has 7 heteroatoms. The maximum absolute atomic E-state index is 12.7. The molecule has 7 nitrogen and oxygen atoms in total. The molecule has 0 bridgehead atoms. The highest BCUT2D eigenvalue weighted by Crippen LogP contribution is 2.21. The molecular formula is C19H28N6O. The summed E-state index contributed by atoms with van der Waals surface area (Å²) in [6.07, 6.45) is 12.3. The van der Waals surface area contributed by atoms with Gasteiger partial charge < -0.3 is 14.8 Å². The van der Waals surface area contributed by atoms with Crippen molar-refractivity contribution in [1.82, 2.24) is 24.4 Å². The van der Waals surface area contributed by atoms with E-state index in [1.54, 1.807) is 12.4 Å². The lowest BCUT2D eigenvalue weighted by molar-refractivity contribution is -0.131. The van der Waals surface area contributed by atoms with Gasteiger partial charge >= 0.3 is 0 Å². The first-order valence-corrected chi connectivity index (χ1v) is 9.46. The average Bonchev–Trinajstić information content (AvgIpc) is 2.98. The normalized spacial score (nSPS) is 17.8. The molecule has 1 atom stereocenters. The van der Waals surface area contributed by atoms with E-state index in [1.807, 2.05) is 28.9 Å². The number of nitrogens with one attached hydrogen (secondary N) is 1. The third-order valence-corrected chi connectivity index (χ3v) is 5.08. The van der Waals surface area contributed by atoms with Crippen molar-refractivity contribution in [3.63, 3.8) is 0 Å². The molecule has 1 unspecified atom stereocenters. The summed E-state index contributed by atoms with van der Waals surface area (Å²) in [5.74, 6) is 2.51. The second-order valence-electron chi connectivity index (χ2n) is 6.85. The van der Waals surface area contributed by atoms with Crippen LogP contribution >= 0.6 is 0 Å². The van der Waals surface area contributed by atoms with Gasteiger partial charge in [0.15, 0.2) is 0 Å². The number of imidazole rings is 1. The van der Waals surface area contributed by atoms with Crippen LogP contribution in [0.5, 0.6) is 0 Å². The van der Waals surface area contributed by atoms with Crippen molar-refractivity contribution >= 4 is 11.7 Å². The molecule has 3 heterocycles. The number of hydrogen-bond donors (Lipinski definition) is 1. The first-order valence-electron chi connectivity index (χ1n) is 9.46. The van der Waals surface area contributed by atoms with E-state index in [9.17, 15) is 4.79 Å². The van der Waals surface area contributed by atoms with Crippen LogP contribution in [-0.4, -0.2) is 50.5 Å². The zero-order chi connectivity index (χ0) is 18.4. The topological polar surface area (TPSA) is 75.9 Å². The summed E-state index contributed by atoms with van der Waals surface area (Å²) >= 11 is 0. The van der Waals surface area contributed by atoms with E-state index < -0.39 is 0 Å². The number of amides is 1. The molecule has 1 aliphatic heterocycles. The molecule has 26 heavy (non-hydrogen) atoms. The summed E-state index contributed by atoms with van der Waals surface area (Å²) in [5.41, 5.74) is 1.03. The van der Waals surface area contributed by atoms with Crippen LogP contribution in [0.2, 0.25) is 0 Å². The minimum Gasteiger partial charge on any atom is -0.372 e. The Morgan fingerprint density at radius 1 is 1.23 bits per heavy atom. The van der Waals surface area contributed by atoms with Crippen LogP contribution in [0.3, 0.4) is 0 Å². The van der Waals surface area contributed by atoms with E-state index in [1.165, 1.54) is 0 Å². The smallest absolute Gasteiger partial charge is 0.242 e. The third kappa shape index (κ3) is 4.59. The first-order chi connectivity index (χ1) is 12.7. The van der Waals surface area contributed by atoms with Crippen LogP contribution in [0.25, 0.3) is 0 Å². The number of hydrogen-bond acceptors (Lipinski definition) is 5. The molecule has 0 aliphatic carbocycles. The van der Waals surface area contributed by atoms with Crippen molar-refractivity contribution in [2.24, 2.45) is 5.92 Å². The monoisotopic (exact) mass is 356 g/mol. The van der Waals surface area contributed by atoms with Gasteiger partial charge in [0.05, 0.1) is 18.1 Å². The van der Waals surface area contributed by atoms with E-state index in [-0.39, 0.29) is 5.91 Å². The third-order valence-electron chi connectivity index (χ3n) is 5.08. The number of aryl methyl sites for hydroxylation is 1. The molecule has 0 aromatic carbocycles. The number of carbonyl (C=O) groups is 1. The number of rotatable bonds is 6. The molecule has 0 saturated carbocycles. The lowest BCUT2D eigenvalue weighted by Gasteiger charge is -2.21. The fourth-order valence-electron chi connectivity index (χ4n) is 3.55. The maximum Gasteiger partial charge on any atom is 0.242 e. The van der Waals surface area contributed by atoms with E-state index >= 15 is 0 Å². The maximum atomic E-state index is 12.7. The largest absolute Gasteiger partial charge is 0.372 e. The highest BCUT2D eigenvalue weighted by molar-refractivity contribution is 5.76. The van der Waals surface area contributed by atoms with E-state index in [0.29, 0.717) is 12.5 Å². The van der Waals surface area contributed by atoms with Gasteiger partial charge in [0, 0.05) is 39.0 Å². The van der Waals surface area contributed by atoms with Gasteiger partial charge in [-0.1, -0.05) is 6.92 Å². The van der Waals surface area contributed by atoms with Crippen molar-refractivity contribution in [1.29, 1.82) is 0 Å². The highest BCUT2D eigenvalue weighted by Gasteiger charge is 2.21. The van der Waals surface area contributed by atoms with Gasteiger partial charge in [-0.2, -0.15) is 0 Å². The van der Waals surface area contributed by atoms with E-state index in [0.717, 1.165) is 62.5 Å². The quantitative estimate of drug-likeness (QED) is 0.858. The number of nitrogens with zero attached hydrogens (tertiary/aromatic N) is 5. The van der Waals surface area contributed by atoms with Gasteiger partial charge in [-0.25, -0.2) is 9.97 Å². The fraction of sp³-hybridized carbons (Fsp3) is 0.579. The Bertz CT molecular complexity index is 711. The number of aromatic nitrogens is 4. The molecule has 1 saturated heterocycles. The summed E-state index contributed by atoms with van der Waals surface area (Å²) < 4.78 is 1.96. The lowest BCUT2D eigenvalue weighted by atomic mass is 9.95. The fourth-order valence-corrected chi connectivity index (χ4v) is 3.55. The summed E-state index contributed by atoms with van der Waals surface area (Å²) in [4.78, 5) is 27.8. The Hall–Kier alpha value is -2.44. The van der Waals surface area contributed by atoms with E-state index in [4.69, 9.17) is 0 Å². The predicted molar refractivity (Wildman–Crippen MR) is 101 cm³/mol. The number of anilines is 1. The van der Waals surface area contributed by atoms with Crippen LogP contribution in [0.1, 0.15) is 37.7 Å². The molecule has 3 rings (SSSR count). The van der Waals surface area contributed by atoms with Crippen LogP contribution in [0.15, 0.2) is 24.8 Å². The zero-order valence-electron chi connectivity index (χ0n) is 15.7. The Morgan fingerprint density at radius 3 is 2.85 bits per heavy atom. The van der Waals surface area contributed by atoms with Gasteiger partial charge in [0.1, 0.15) is 18.2 Å². The molecule has 1 fully saturated rings. The minimum atomic E-state index is 0.191. The number of carbonyl (C=O) groups excluding carboxylic acids is 1. The first kappa shape index (κ1) is 18.4. The standard InChI is InChI=1S/C19H28N6O/c1-3-18-21-7-10-25(18)14-19(26)24-8-4-5-15(6-9-24)11-16-12-23-17(20-2)13-22-16/h7,10,12-13,15H,3-6,8-9,11,14H2,1-2H3,(H,20,23). The average molecular weight is 356 g/mol. The predicted octanol–water partition coefficient (Wildman–Crippen LogP) is 2.15. The summed E-state index contributed by atoms with van der Waals surface area (Å²) in [7, 11) is 1.84. The molecule has 1 N–H and O–H groups in total. The Morgan fingerprint density at radius 2 is 2.12 bits per heavy atom. The van der Waals surface area contributed by atoms with Gasteiger partial charge in [-0.3, -0.25) is 9.78 Å². The summed E-state index contributed by atoms with van der Waals surface area (Å²) in [5, 5.41) is 2.99. The molecule has 0 radical (unpaired) electrons. The highest BCUT2D eigenvalue weighted by atomic mass is 16.2. The molecule has 2 aromatic rings. The molecule has 140 valence electrons. The molecular weight excluding hydrogens is 328 g/mol. The Kier molecular flexibility index (Phi) is 6.20. The second-order valence-corrected chi connectivity index (χ2v) is 6.85. The van der Waals surface area contributed by atoms with Crippen molar-refractivity contribution < 1.29 is 4.79 Å². The molecule has 0 spiro atoms. The van der Waals surface area contributed by atoms with Crippen LogP contribution in [0, 0.1) is 5.92 Å². The van der Waals surface area contributed by atoms with Gasteiger partial charge in [0.25, 0.3) is 0 Å². The van der Waals surface area contributed by atoms with Gasteiger partial charge in [0.2, 0.25) is 5.91 Å². The van der Waals surface area contributed by atoms with Crippen LogP contribution < -0.4 is 5.32 Å². The molecule has 2 aromatic heterocycles. The van der Waals surface area contributed by atoms with Gasteiger partial charge in [-0.05, 0) is 31.6 Å². The number of likely N-dealkylation sites (tertiary alicyclic amines) is 1. The zero-order valence-corrected chi connectivity index (χ0v) is 15.7. The summed E-state index contributed by atoms with van der Waals surface area (Å²) in [6.45, 7) is 4.12. The SMILES string of the molecule is CCc1nccn1CC(=O)N1CCCC(Cc2cnc(NC)cn2)CC1. The minimum absolute atomic E-state index is 0.191. The van der Waals surface area contributed by atoms with Crippen molar-refractivity contribution in [2.45, 2.75) is 45.6 Å². The van der Waals surface area contributed by atoms with Crippen molar-refractivity contribution in [2.75, 3.05) is 25.5 Å². The lowest BCUT2D eigenvalue weighted by Crippen LogP contribution is -2.35. The van der Waals surface area contributed by atoms with Gasteiger partial charge in [-0.15, -0.1) is 0 Å². The van der Waals surface area contributed by atoms with Crippen LogP contribution in [-0.2, 0) is 24.2 Å². The van der Waals surface area contributed by atoms with Crippen molar-refractivity contribution in [3.05, 3.63) is 36.3 Å². The van der Waals surface area contributed by atoms with Crippen molar-refractivity contribution in [3.8, 4) is 0 Å². The molecule has 1 aliphatic rings. The summed E-state index contributed by atoms with van der Waals surface area (Å²) in [6, 6.07) is 0. The Labute approximate surface area is 154 Å². The van der Waals surface area contributed by atoms with E-state index in [2.05, 4.69) is 27.2 Å².